The minimum Gasteiger partial charge on any atom is -0.445 e. The molecule has 2 saturated carbocycles. The van der Waals surface area contributed by atoms with E-state index in [1.807, 2.05) is 71.9 Å². The number of rotatable bonds is 38. The molecule has 109 heavy (non-hydrogen) atoms. The first-order chi connectivity index (χ1) is 51.3. The molecule has 10 amide bonds. The van der Waals surface area contributed by atoms with Gasteiger partial charge in [-0.05, 0) is 157 Å². The zero-order chi connectivity index (χ0) is 80.9. The van der Waals surface area contributed by atoms with Crippen molar-refractivity contribution in [3.05, 3.63) is 106 Å². The van der Waals surface area contributed by atoms with Crippen LogP contribution in [0.4, 0.5) is 13.6 Å². The lowest BCUT2D eigenvalue weighted by atomic mass is 9.90. The Morgan fingerprint density at radius 2 is 1.33 bits per heavy atom. The monoisotopic (exact) mass is 1520 g/mol. The van der Waals surface area contributed by atoms with Gasteiger partial charge in [0.25, 0.3) is 0 Å². The van der Waals surface area contributed by atoms with Gasteiger partial charge in [-0.25, -0.2) is 13.6 Å². The summed E-state index contributed by atoms with van der Waals surface area (Å²) in [6, 6.07) is 4.32. The van der Waals surface area contributed by atoms with Gasteiger partial charge in [-0.3, -0.25) is 47.9 Å². The standard InChI is InChI=1S/C83H126F2N12O12/c1-19-55(5)74(78(105)92(16)51-72(101)95(20-2)52-73(102)96(21-3)69(46-59-37-35-54(4)36-38-59)58(8)90(14)49-63(98)48-82(9,10)11)87-70(99)50-91(15)71(100)47-68(57(7)89(12)13)93(17)79(106)75(62-32-25-26-33-62)94(18)80(107)83(41-27-28-42-83)88-76(103)67-34-29-43-97(67)77(104)66(40-39-61-44-64(84)56(6)65(85)45-61)86-81(108)109-53-60-30-23-22-24-31-60/h30,35-38,44-45,55,62,66-69,74-75H,7-8,19-29,31-34,39-43,46-53H2,1-6,9-18H3,(H,86,108)(H,87,99)(H,88,103)/t55-,66?,67?,68?,69?,74?,75?/m0/s1. The first-order valence-electron chi connectivity index (χ1n) is 39.3. The number of likely N-dealkylation sites (tertiary alicyclic amines) is 1. The van der Waals surface area contributed by atoms with Gasteiger partial charge in [-0.1, -0.05) is 116 Å². The van der Waals surface area contributed by atoms with Crippen molar-refractivity contribution < 1.29 is 66.3 Å². The molecule has 2 aromatic carbocycles. The summed E-state index contributed by atoms with van der Waals surface area (Å²) in [7, 11) is 11.2. The van der Waals surface area contributed by atoms with Gasteiger partial charge in [0, 0.05) is 92.3 Å². The van der Waals surface area contributed by atoms with Crippen molar-refractivity contribution in [2.24, 2.45) is 17.3 Å². The number of ether oxygens (including phenoxy) is 1. The number of allylic oxidation sites excluding steroid dienone is 1. The van der Waals surface area contributed by atoms with Gasteiger partial charge in [0.2, 0.25) is 53.2 Å². The molecule has 3 N–H and O–H groups in total. The van der Waals surface area contributed by atoms with Crippen LogP contribution in [0.25, 0.3) is 0 Å². The van der Waals surface area contributed by atoms with Crippen molar-refractivity contribution in [2.75, 3.05) is 102 Å². The van der Waals surface area contributed by atoms with Crippen LogP contribution in [0.5, 0.6) is 0 Å². The molecule has 2 aromatic rings. The van der Waals surface area contributed by atoms with Crippen molar-refractivity contribution >= 4 is 65.0 Å². The molecule has 0 bridgehead atoms. The smallest absolute Gasteiger partial charge is 0.408 e. The molecule has 4 aliphatic rings. The first kappa shape index (κ1) is 89.2. The van der Waals surface area contributed by atoms with E-state index in [1.165, 1.54) is 62.6 Å². The van der Waals surface area contributed by atoms with Gasteiger partial charge in [0.1, 0.15) is 47.9 Å². The van der Waals surface area contributed by atoms with Crippen LogP contribution in [0.15, 0.2) is 72.6 Å². The Hall–Kier alpha value is -8.71. The van der Waals surface area contributed by atoms with Crippen LogP contribution >= 0.6 is 0 Å². The van der Waals surface area contributed by atoms with E-state index in [-0.39, 0.29) is 112 Å². The highest BCUT2D eigenvalue weighted by Gasteiger charge is 2.51. The number of carbonyl (C=O) groups is 11. The third kappa shape index (κ3) is 24.6. The van der Waals surface area contributed by atoms with E-state index in [0.29, 0.717) is 62.8 Å². The van der Waals surface area contributed by atoms with Crippen LogP contribution < -0.4 is 16.0 Å². The third-order valence-corrected chi connectivity index (χ3v) is 22.5. The second-order valence-corrected chi connectivity index (χ2v) is 32.3. The van der Waals surface area contributed by atoms with Crippen LogP contribution in [0.2, 0.25) is 0 Å². The fourth-order valence-corrected chi connectivity index (χ4v) is 15.5. The van der Waals surface area contributed by atoms with Gasteiger partial charge in [-0.15, -0.1) is 0 Å². The Labute approximate surface area is 646 Å². The quantitative estimate of drug-likeness (QED) is 0.0530. The van der Waals surface area contributed by atoms with E-state index in [0.717, 1.165) is 55.2 Å². The van der Waals surface area contributed by atoms with E-state index < -0.39 is 126 Å². The summed E-state index contributed by atoms with van der Waals surface area (Å²) in [6.45, 7) is 24.7. The molecule has 6 rings (SSSR count). The molecular formula is C83H126F2N12O12. The van der Waals surface area contributed by atoms with Gasteiger partial charge in [0.05, 0.1) is 44.7 Å². The Morgan fingerprint density at radius 3 is 1.91 bits per heavy atom. The number of halogens is 2. The lowest BCUT2D eigenvalue weighted by Crippen LogP contribution is -2.64. The topological polar surface area (TPSA) is 262 Å². The molecule has 3 fully saturated rings. The zero-order valence-corrected chi connectivity index (χ0v) is 68.1. The highest BCUT2D eigenvalue weighted by molar-refractivity contribution is 5.98. The molecule has 6 unspecified atom stereocenters. The molecule has 0 radical (unpaired) electrons. The first-order valence-corrected chi connectivity index (χ1v) is 39.3. The maximum atomic E-state index is 15.5. The number of alkyl carbamates (subject to hydrolysis) is 1. The van der Waals surface area contributed by atoms with Crippen molar-refractivity contribution in [1.29, 1.82) is 0 Å². The number of hydrogen-bond acceptors (Lipinski definition) is 14. The summed E-state index contributed by atoms with van der Waals surface area (Å²) in [4.78, 5) is 172. The molecule has 0 aromatic heterocycles. The molecule has 1 saturated heterocycles. The number of carbonyl (C=O) groups excluding carboxylic acids is 11. The number of likely N-dealkylation sites (N-methyl/N-ethyl adjacent to an activating group) is 8. The maximum absolute atomic E-state index is 15.5. The van der Waals surface area contributed by atoms with E-state index >= 15 is 9.59 Å². The molecule has 1 aliphatic heterocycles. The number of hydrogen-bond donors (Lipinski definition) is 3. The normalized spacial score (nSPS) is 17.2. The molecule has 26 heteroatoms. The van der Waals surface area contributed by atoms with Crippen molar-refractivity contribution in [1.82, 2.24) is 60.0 Å². The summed E-state index contributed by atoms with van der Waals surface area (Å²) in [6.07, 6.45) is 10.7. The van der Waals surface area contributed by atoms with Crippen LogP contribution in [-0.2, 0) is 65.5 Å². The summed E-state index contributed by atoms with van der Waals surface area (Å²) in [5.74, 6) is -6.97. The number of ketones is 1. The van der Waals surface area contributed by atoms with Crippen LogP contribution in [-0.4, -0.2) is 253 Å². The second-order valence-electron chi connectivity index (χ2n) is 32.3. The average molecular weight is 1520 g/mol. The van der Waals surface area contributed by atoms with Gasteiger partial charge >= 0.3 is 6.09 Å². The number of Topliss-reactive ketones (excluding diaryl/α,β-unsaturated/α-hetero) is 1. The summed E-state index contributed by atoms with van der Waals surface area (Å²) < 4.78 is 35.1. The van der Waals surface area contributed by atoms with Crippen LogP contribution in [0.3, 0.4) is 0 Å². The number of nitrogens with zero attached hydrogens (tertiary/aromatic N) is 9. The van der Waals surface area contributed by atoms with E-state index in [1.54, 1.807) is 63.8 Å². The number of amides is 10. The Bertz CT molecular complexity index is 3580. The molecule has 1 heterocycles. The minimum atomic E-state index is -1.47. The zero-order valence-electron chi connectivity index (χ0n) is 68.1. The molecule has 3 aliphatic carbocycles. The van der Waals surface area contributed by atoms with E-state index in [2.05, 4.69) is 29.1 Å². The molecule has 0 spiro atoms. The fourth-order valence-electron chi connectivity index (χ4n) is 15.5. The Balaban J connectivity index is 1.12. The predicted molar refractivity (Wildman–Crippen MR) is 417 cm³/mol. The van der Waals surface area contributed by atoms with Gasteiger partial charge in [0.15, 0.2) is 5.78 Å². The fraction of sp³-hybridized carbons (Fsp3) is 0.651. The minimum absolute atomic E-state index is 0.000333. The van der Waals surface area contributed by atoms with Crippen molar-refractivity contribution in [2.45, 2.75) is 233 Å². The lowest BCUT2D eigenvalue weighted by Gasteiger charge is -2.42. The summed E-state index contributed by atoms with van der Waals surface area (Å²) in [5, 5.41) is 8.62. The third-order valence-electron chi connectivity index (χ3n) is 22.5. The Morgan fingerprint density at radius 1 is 0.688 bits per heavy atom. The maximum Gasteiger partial charge on any atom is 0.408 e. The van der Waals surface area contributed by atoms with E-state index in [4.69, 9.17) is 4.74 Å². The number of benzene rings is 2. The summed E-state index contributed by atoms with van der Waals surface area (Å²) in [5.41, 5.74) is 2.37. The molecule has 24 nitrogen and oxygen atoms in total. The van der Waals surface area contributed by atoms with Crippen molar-refractivity contribution in [3.63, 3.8) is 0 Å². The van der Waals surface area contributed by atoms with Crippen LogP contribution in [0, 0.1) is 42.7 Å². The van der Waals surface area contributed by atoms with Crippen molar-refractivity contribution in [3.8, 4) is 0 Å². The largest absolute Gasteiger partial charge is 0.445 e. The molecule has 7 atom stereocenters. The highest BCUT2D eigenvalue weighted by Crippen LogP contribution is 2.38. The summed E-state index contributed by atoms with van der Waals surface area (Å²) >= 11 is 0. The van der Waals surface area contributed by atoms with Crippen LogP contribution in [0.1, 0.15) is 186 Å². The van der Waals surface area contributed by atoms with Gasteiger partial charge in [-0.2, -0.15) is 0 Å². The second kappa shape index (κ2) is 40.8. The molecule has 604 valence electrons. The Kier molecular flexibility index (Phi) is 33.4. The molecular weight excluding hydrogens is 1390 g/mol. The average Bonchev–Trinajstić information content (AvgIpc) is 1.71. The SMILES string of the molecule is C=C(C(CC(=O)N(C)CC(=O)NC(C(=O)N(C)CC(=O)N(CC)CC(=O)N(CC)C(Cc1ccc(C)cc1)C(=C)N(C)CC(=O)CC(C)(C)C)[C@@H](C)CC)N(C)C(=O)C(C1CCCC1)N(C)C(=O)C1(NC(=O)C2CCCN2C(=O)C(CCc2cc(F)c(C)c(F)c2)NC(=O)OCC2=CCCCC2)CCCC1)N(C)C. The van der Waals surface area contributed by atoms with Gasteiger partial charge < -0.3 is 64.8 Å². The van der Waals surface area contributed by atoms with E-state index in [9.17, 15) is 51.9 Å². The number of nitrogens with one attached hydrogen (secondary N) is 3. The highest BCUT2D eigenvalue weighted by atomic mass is 19.1. The number of aryl methyl sites for hydroxylation is 2. The predicted octanol–water partition coefficient (Wildman–Crippen LogP) is 9.05. The lowest BCUT2D eigenvalue weighted by molar-refractivity contribution is -0.153.